The van der Waals surface area contributed by atoms with Gasteiger partial charge in [0.1, 0.15) is 12.1 Å². The van der Waals surface area contributed by atoms with Gasteiger partial charge in [0.05, 0.1) is 11.1 Å². The molecule has 0 atom stereocenters. The lowest BCUT2D eigenvalue weighted by Crippen LogP contribution is -2.28. The van der Waals surface area contributed by atoms with Crippen molar-refractivity contribution in [1.29, 1.82) is 0 Å². The number of aromatic nitrogens is 3. The predicted octanol–water partition coefficient (Wildman–Crippen LogP) is 4.62. The molecule has 0 saturated heterocycles. The molecule has 0 saturated carbocycles. The molecule has 29 heavy (non-hydrogen) atoms. The molecule has 1 amide bonds. The number of rotatable bonds is 3. The molecule has 0 fully saturated rings. The minimum Gasteiger partial charge on any atom is -0.340 e. The second-order valence-corrected chi connectivity index (χ2v) is 7.24. The van der Waals surface area contributed by atoms with Gasteiger partial charge in [0.2, 0.25) is 0 Å². The number of fused-ring (bicyclic) bond motifs is 2. The van der Waals surface area contributed by atoms with Crippen LogP contribution in [0.25, 0.3) is 10.9 Å². The third-order valence-corrected chi connectivity index (χ3v) is 5.23. The number of amides is 1. The lowest BCUT2D eigenvalue weighted by atomic mass is 10.1. The van der Waals surface area contributed by atoms with Crippen molar-refractivity contribution >= 4 is 45.6 Å². The molecule has 1 aliphatic rings. The summed E-state index contributed by atoms with van der Waals surface area (Å²) in [7, 11) is 0. The quantitative estimate of drug-likeness (QED) is 0.542. The number of anilines is 3. The van der Waals surface area contributed by atoms with Crippen LogP contribution in [0.3, 0.4) is 0 Å². The number of benzene rings is 2. The minimum absolute atomic E-state index is 0.0313. The summed E-state index contributed by atoms with van der Waals surface area (Å²) in [5.74, 6) is 0.684. The third kappa shape index (κ3) is 3.28. The van der Waals surface area contributed by atoms with Crippen LogP contribution in [0.1, 0.15) is 15.9 Å². The van der Waals surface area contributed by atoms with E-state index in [1.54, 1.807) is 29.4 Å². The van der Waals surface area contributed by atoms with Crippen LogP contribution in [0.15, 0.2) is 67.3 Å². The van der Waals surface area contributed by atoms with E-state index in [4.69, 9.17) is 11.6 Å². The van der Waals surface area contributed by atoms with E-state index in [0.717, 1.165) is 34.3 Å². The van der Waals surface area contributed by atoms with E-state index in [-0.39, 0.29) is 5.91 Å². The van der Waals surface area contributed by atoms with Gasteiger partial charge in [-0.25, -0.2) is 9.97 Å². The molecule has 0 radical (unpaired) electrons. The Morgan fingerprint density at radius 2 is 2.03 bits per heavy atom. The van der Waals surface area contributed by atoms with Crippen LogP contribution in [0.4, 0.5) is 17.2 Å². The maximum atomic E-state index is 12.8. The van der Waals surface area contributed by atoms with E-state index in [1.807, 2.05) is 30.3 Å². The fraction of sp³-hybridized carbons (Fsp3) is 0.0909. The van der Waals surface area contributed by atoms with Gasteiger partial charge in [0.25, 0.3) is 5.91 Å². The molecule has 2 aromatic heterocycles. The van der Waals surface area contributed by atoms with Crippen LogP contribution in [-0.2, 0) is 6.42 Å². The van der Waals surface area contributed by atoms with Gasteiger partial charge < -0.3 is 10.2 Å². The first-order chi connectivity index (χ1) is 14.2. The Kier molecular flexibility index (Phi) is 4.33. The normalized spacial score (nSPS) is 12.8. The van der Waals surface area contributed by atoms with E-state index in [9.17, 15) is 4.79 Å². The fourth-order valence-corrected chi connectivity index (χ4v) is 3.77. The highest BCUT2D eigenvalue weighted by Gasteiger charge is 2.26. The van der Waals surface area contributed by atoms with Crippen LogP contribution >= 0.6 is 11.6 Å². The first-order valence-electron chi connectivity index (χ1n) is 9.21. The SMILES string of the molecule is O=C(c1cccnc1)N1CCc2cc(Nc3ncnc4cc(Cl)ccc34)ccc21. The molecule has 1 N–H and O–H groups in total. The average molecular weight is 402 g/mol. The zero-order chi connectivity index (χ0) is 19.8. The molecule has 3 heterocycles. The fourth-order valence-electron chi connectivity index (χ4n) is 3.60. The lowest BCUT2D eigenvalue weighted by Gasteiger charge is -2.17. The van der Waals surface area contributed by atoms with Crippen LogP contribution < -0.4 is 10.2 Å². The average Bonchev–Trinajstić information content (AvgIpc) is 3.17. The number of hydrogen-bond donors (Lipinski definition) is 1. The Balaban J connectivity index is 1.43. The molecule has 5 rings (SSSR count). The summed E-state index contributed by atoms with van der Waals surface area (Å²) in [5.41, 5.74) is 4.34. The topological polar surface area (TPSA) is 71.0 Å². The van der Waals surface area contributed by atoms with Crippen molar-refractivity contribution in [2.75, 3.05) is 16.8 Å². The van der Waals surface area contributed by atoms with Crippen molar-refractivity contribution < 1.29 is 4.79 Å². The lowest BCUT2D eigenvalue weighted by molar-refractivity contribution is 0.0989. The number of nitrogens with one attached hydrogen (secondary N) is 1. The van der Waals surface area contributed by atoms with Crippen LogP contribution in [0.2, 0.25) is 5.02 Å². The molecule has 2 aromatic carbocycles. The molecule has 0 unspecified atom stereocenters. The standard InChI is InChI=1S/C22H16ClN5O/c23-16-3-5-18-19(11-16)25-13-26-21(18)27-17-4-6-20-14(10-17)7-9-28(20)22(29)15-2-1-8-24-12-15/h1-6,8,10-13H,7,9H2,(H,25,26,27). The summed E-state index contributed by atoms with van der Waals surface area (Å²) >= 11 is 6.06. The molecule has 4 aromatic rings. The van der Waals surface area contributed by atoms with Gasteiger partial charge in [-0.1, -0.05) is 11.6 Å². The summed E-state index contributed by atoms with van der Waals surface area (Å²) in [6.07, 6.45) is 5.58. The van der Waals surface area contributed by atoms with Crippen LogP contribution in [0.5, 0.6) is 0 Å². The molecule has 6 nitrogen and oxygen atoms in total. The monoisotopic (exact) mass is 401 g/mol. The Bertz CT molecular complexity index is 1230. The van der Waals surface area contributed by atoms with Crippen molar-refractivity contribution in [3.05, 3.63) is 83.4 Å². The molecule has 7 heteroatoms. The summed E-state index contributed by atoms with van der Waals surface area (Å²) in [4.78, 5) is 27.3. The molecular formula is C22H16ClN5O. The smallest absolute Gasteiger partial charge is 0.259 e. The molecule has 1 aliphatic heterocycles. The Morgan fingerprint density at radius 1 is 1.10 bits per heavy atom. The van der Waals surface area contributed by atoms with Gasteiger partial charge >= 0.3 is 0 Å². The van der Waals surface area contributed by atoms with Gasteiger partial charge in [-0.2, -0.15) is 0 Å². The maximum Gasteiger partial charge on any atom is 0.259 e. The van der Waals surface area contributed by atoms with E-state index >= 15 is 0 Å². The first kappa shape index (κ1) is 17.6. The third-order valence-electron chi connectivity index (χ3n) is 4.99. The van der Waals surface area contributed by atoms with E-state index in [0.29, 0.717) is 22.9 Å². The molecular weight excluding hydrogens is 386 g/mol. The molecule has 0 spiro atoms. The maximum absolute atomic E-state index is 12.8. The highest BCUT2D eigenvalue weighted by Crippen LogP contribution is 2.33. The molecule has 0 aliphatic carbocycles. The van der Waals surface area contributed by atoms with E-state index < -0.39 is 0 Å². The van der Waals surface area contributed by atoms with E-state index in [2.05, 4.69) is 26.3 Å². The largest absolute Gasteiger partial charge is 0.340 e. The van der Waals surface area contributed by atoms with Crippen molar-refractivity contribution in [3.8, 4) is 0 Å². The van der Waals surface area contributed by atoms with Crippen molar-refractivity contribution in [2.24, 2.45) is 0 Å². The van der Waals surface area contributed by atoms with Gasteiger partial charge in [-0.05, 0) is 60.5 Å². The number of carbonyl (C=O) groups excluding carboxylic acids is 1. The molecule has 142 valence electrons. The van der Waals surface area contributed by atoms with Gasteiger partial charge in [0.15, 0.2) is 0 Å². The number of hydrogen-bond acceptors (Lipinski definition) is 5. The summed E-state index contributed by atoms with van der Waals surface area (Å²) < 4.78 is 0. The summed E-state index contributed by atoms with van der Waals surface area (Å²) in [6, 6.07) is 15.1. The first-order valence-corrected chi connectivity index (χ1v) is 9.59. The number of pyridine rings is 1. The van der Waals surface area contributed by atoms with Gasteiger partial charge in [0, 0.05) is 40.7 Å². The van der Waals surface area contributed by atoms with Crippen molar-refractivity contribution in [1.82, 2.24) is 15.0 Å². The Labute approximate surface area is 172 Å². The zero-order valence-corrected chi connectivity index (χ0v) is 16.1. The van der Waals surface area contributed by atoms with Crippen molar-refractivity contribution in [3.63, 3.8) is 0 Å². The highest BCUT2D eigenvalue weighted by atomic mass is 35.5. The predicted molar refractivity (Wildman–Crippen MR) is 114 cm³/mol. The molecule has 0 bridgehead atoms. The highest BCUT2D eigenvalue weighted by molar-refractivity contribution is 6.31. The van der Waals surface area contributed by atoms with Gasteiger partial charge in [-0.15, -0.1) is 0 Å². The van der Waals surface area contributed by atoms with Crippen LogP contribution in [0, 0.1) is 0 Å². The van der Waals surface area contributed by atoms with Gasteiger partial charge in [-0.3, -0.25) is 9.78 Å². The number of nitrogens with zero attached hydrogens (tertiary/aromatic N) is 4. The van der Waals surface area contributed by atoms with E-state index in [1.165, 1.54) is 6.33 Å². The summed E-state index contributed by atoms with van der Waals surface area (Å²) in [6.45, 7) is 0.654. The second kappa shape index (κ2) is 7.14. The minimum atomic E-state index is -0.0313. The number of halogens is 1. The Hall–Kier alpha value is -3.51. The van der Waals surface area contributed by atoms with Crippen LogP contribution in [-0.4, -0.2) is 27.4 Å². The Morgan fingerprint density at radius 3 is 2.90 bits per heavy atom. The number of carbonyl (C=O) groups is 1. The van der Waals surface area contributed by atoms with Crippen molar-refractivity contribution in [2.45, 2.75) is 6.42 Å². The second-order valence-electron chi connectivity index (χ2n) is 6.80. The summed E-state index contributed by atoms with van der Waals surface area (Å²) in [5, 5.41) is 4.90. The zero-order valence-electron chi connectivity index (χ0n) is 15.3.